The van der Waals surface area contributed by atoms with E-state index < -0.39 is 0 Å². The Morgan fingerprint density at radius 2 is 2.50 bits per heavy atom. The molecule has 0 aromatic rings. The maximum Gasteiger partial charge on any atom is 0.130 e. The second-order valence-corrected chi connectivity index (χ2v) is 2.60. The van der Waals surface area contributed by atoms with Crippen LogP contribution < -0.4 is 0 Å². The van der Waals surface area contributed by atoms with Crippen molar-refractivity contribution in [2.75, 3.05) is 0 Å². The van der Waals surface area contributed by atoms with E-state index in [-0.39, 0.29) is 12.2 Å². The molecule has 2 heterocycles. The molecule has 0 aromatic carbocycles. The van der Waals surface area contributed by atoms with Crippen LogP contribution in [0.15, 0.2) is 25.0 Å². The van der Waals surface area contributed by atoms with Crippen molar-refractivity contribution in [3.8, 4) is 0 Å². The normalized spacial score (nSPS) is 42.2. The standard InChI is InChI=1S/C8H10O2/c1-2-9-8-5-6-3-4-7(8)10-6/h2-4,6-8H,1,5H2/t6-,7+,8+/m1/s1. The molecule has 0 saturated carbocycles. The van der Waals surface area contributed by atoms with Gasteiger partial charge in [0, 0.05) is 6.42 Å². The van der Waals surface area contributed by atoms with E-state index in [4.69, 9.17) is 9.47 Å². The Bertz CT molecular complexity index is 174. The highest BCUT2D eigenvalue weighted by Gasteiger charge is 2.37. The Labute approximate surface area is 60.1 Å². The molecule has 2 heteroatoms. The highest BCUT2D eigenvalue weighted by molar-refractivity contribution is 5.12. The van der Waals surface area contributed by atoms with E-state index >= 15 is 0 Å². The number of ether oxygens (including phenoxy) is 2. The van der Waals surface area contributed by atoms with Gasteiger partial charge in [0.25, 0.3) is 0 Å². The van der Waals surface area contributed by atoms with Crippen molar-refractivity contribution < 1.29 is 9.47 Å². The fourth-order valence-corrected chi connectivity index (χ4v) is 1.49. The summed E-state index contributed by atoms with van der Waals surface area (Å²) in [7, 11) is 0. The highest BCUT2D eigenvalue weighted by Crippen LogP contribution is 2.30. The Morgan fingerprint density at radius 3 is 3.00 bits per heavy atom. The smallest absolute Gasteiger partial charge is 0.130 e. The molecular formula is C8H10O2. The van der Waals surface area contributed by atoms with E-state index in [2.05, 4.69) is 18.7 Å². The Balaban J connectivity index is 2.02. The average Bonchev–Trinajstić information content (AvgIpc) is 2.48. The summed E-state index contributed by atoms with van der Waals surface area (Å²) in [6.45, 7) is 3.51. The van der Waals surface area contributed by atoms with E-state index in [0.717, 1.165) is 6.42 Å². The summed E-state index contributed by atoms with van der Waals surface area (Å²) in [5, 5.41) is 0. The van der Waals surface area contributed by atoms with Gasteiger partial charge in [0.15, 0.2) is 0 Å². The van der Waals surface area contributed by atoms with Crippen LogP contribution in [0.1, 0.15) is 6.42 Å². The topological polar surface area (TPSA) is 18.5 Å². The maximum absolute atomic E-state index is 5.45. The van der Waals surface area contributed by atoms with Gasteiger partial charge in [-0.1, -0.05) is 18.7 Å². The van der Waals surface area contributed by atoms with Crippen molar-refractivity contribution in [2.24, 2.45) is 0 Å². The van der Waals surface area contributed by atoms with Crippen molar-refractivity contribution in [2.45, 2.75) is 24.7 Å². The summed E-state index contributed by atoms with van der Waals surface area (Å²) < 4.78 is 10.7. The van der Waals surface area contributed by atoms with Gasteiger partial charge in [-0.05, 0) is 0 Å². The third kappa shape index (κ3) is 0.762. The van der Waals surface area contributed by atoms with Crippen LogP contribution in [0.3, 0.4) is 0 Å². The van der Waals surface area contributed by atoms with Gasteiger partial charge >= 0.3 is 0 Å². The van der Waals surface area contributed by atoms with Gasteiger partial charge < -0.3 is 9.47 Å². The molecule has 0 radical (unpaired) electrons. The van der Waals surface area contributed by atoms with Gasteiger partial charge in [-0.25, -0.2) is 0 Å². The number of hydrogen-bond donors (Lipinski definition) is 0. The van der Waals surface area contributed by atoms with Crippen LogP contribution in [-0.4, -0.2) is 18.3 Å². The van der Waals surface area contributed by atoms with E-state index in [1.807, 2.05) is 0 Å². The SMILES string of the molecule is C=CO[C@H]1C[C@H]2C=C[C@@H]1O2. The first-order valence-corrected chi connectivity index (χ1v) is 3.50. The van der Waals surface area contributed by atoms with Crippen molar-refractivity contribution in [3.05, 3.63) is 25.0 Å². The zero-order chi connectivity index (χ0) is 6.97. The van der Waals surface area contributed by atoms with Crippen LogP contribution in [0.2, 0.25) is 0 Å². The lowest BCUT2D eigenvalue weighted by Crippen LogP contribution is -2.20. The quantitative estimate of drug-likeness (QED) is 0.422. The van der Waals surface area contributed by atoms with E-state index in [1.165, 1.54) is 6.26 Å². The van der Waals surface area contributed by atoms with Crippen molar-refractivity contribution in [3.63, 3.8) is 0 Å². The van der Waals surface area contributed by atoms with Crippen LogP contribution in [0.25, 0.3) is 0 Å². The summed E-state index contributed by atoms with van der Waals surface area (Å²) in [5.41, 5.74) is 0. The molecule has 1 saturated heterocycles. The molecule has 0 aliphatic carbocycles. The Kier molecular flexibility index (Phi) is 1.27. The zero-order valence-corrected chi connectivity index (χ0v) is 5.69. The van der Waals surface area contributed by atoms with Gasteiger partial charge in [0.1, 0.15) is 12.2 Å². The number of hydrogen-bond acceptors (Lipinski definition) is 2. The summed E-state index contributed by atoms with van der Waals surface area (Å²) in [4.78, 5) is 0. The predicted octanol–water partition coefficient (Wildman–Crippen LogP) is 1.24. The first kappa shape index (κ1) is 5.98. The van der Waals surface area contributed by atoms with Crippen LogP contribution in [0.5, 0.6) is 0 Å². The monoisotopic (exact) mass is 138 g/mol. The molecule has 1 fully saturated rings. The molecule has 54 valence electrons. The van der Waals surface area contributed by atoms with Crippen LogP contribution in [0.4, 0.5) is 0 Å². The Morgan fingerprint density at radius 1 is 1.60 bits per heavy atom. The van der Waals surface area contributed by atoms with Gasteiger partial charge in [0.05, 0.1) is 12.4 Å². The zero-order valence-electron chi connectivity index (χ0n) is 5.69. The molecule has 2 aliphatic rings. The molecule has 0 amide bonds. The predicted molar refractivity (Wildman–Crippen MR) is 37.5 cm³/mol. The fraction of sp³-hybridized carbons (Fsp3) is 0.500. The molecule has 2 nitrogen and oxygen atoms in total. The molecule has 0 unspecified atom stereocenters. The molecule has 0 N–H and O–H groups in total. The number of fused-ring (bicyclic) bond motifs is 2. The van der Waals surface area contributed by atoms with E-state index in [9.17, 15) is 0 Å². The van der Waals surface area contributed by atoms with Gasteiger partial charge in [-0.15, -0.1) is 0 Å². The molecular weight excluding hydrogens is 128 g/mol. The van der Waals surface area contributed by atoms with Gasteiger partial charge in [-0.2, -0.15) is 0 Å². The second-order valence-electron chi connectivity index (χ2n) is 2.60. The van der Waals surface area contributed by atoms with Crippen molar-refractivity contribution in [1.29, 1.82) is 0 Å². The summed E-state index contributed by atoms with van der Waals surface area (Å²) in [5.74, 6) is 0. The minimum atomic E-state index is 0.183. The van der Waals surface area contributed by atoms with E-state index in [0.29, 0.717) is 6.10 Å². The third-order valence-corrected chi connectivity index (χ3v) is 1.95. The lowest BCUT2D eigenvalue weighted by atomic mass is 10.1. The maximum atomic E-state index is 5.45. The summed E-state index contributed by atoms with van der Waals surface area (Å²) >= 11 is 0. The van der Waals surface area contributed by atoms with Crippen molar-refractivity contribution >= 4 is 0 Å². The summed E-state index contributed by atoms with van der Waals surface area (Å²) in [6.07, 6.45) is 7.32. The Hall–Kier alpha value is -0.760. The van der Waals surface area contributed by atoms with Crippen LogP contribution in [0, 0.1) is 0 Å². The second kappa shape index (κ2) is 2.13. The van der Waals surface area contributed by atoms with Crippen molar-refractivity contribution in [1.82, 2.24) is 0 Å². The molecule has 0 spiro atoms. The first-order valence-electron chi connectivity index (χ1n) is 3.50. The van der Waals surface area contributed by atoms with Crippen LogP contribution in [-0.2, 0) is 9.47 Å². The first-order chi connectivity index (χ1) is 4.90. The molecule has 2 rings (SSSR count). The summed E-state index contributed by atoms with van der Waals surface area (Å²) in [6, 6.07) is 0. The third-order valence-electron chi connectivity index (χ3n) is 1.95. The number of rotatable bonds is 2. The molecule has 2 bridgehead atoms. The van der Waals surface area contributed by atoms with Gasteiger partial charge in [0.2, 0.25) is 0 Å². The minimum absolute atomic E-state index is 0.183. The largest absolute Gasteiger partial charge is 0.495 e. The lowest BCUT2D eigenvalue weighted by molar-refractivity contribution is 0.0609. The minimum Gasteiger partial charge on any atom is -0.495 e. The lowest BCUT2D eigenvalue weighted by Gasteiger charge is -2.13. The average molecular weight is 138 g/mol. The van der Waals surface area contributed by atoms with Crippen LogP contribution >= 0.6 is 0 Å². The molecule has 2 aliphatic heterocycles. The fourth-order valence-electron chi connectivity index (χ4n) is 1.49. The molecule has 3 atom stereocenters. The van der Waals surface area contributed by atoms with Gasteiger partial charge in [-0.3, -0.25) is 0 Å². The molecule has 10 heavy (non-hydrogen) atoms. The highest BCUT2D eigenvalue weighted by atomic mass is 16.6. The molecule has 0 aromatic heterocycles. The van der Waals surface area contributed by atoms with E-state index in [1.54, 1.807) is 0 Å².